The lowest BCUT2D eigenvalue weighted by Gasteiger charge is -2.45. The fourth-order valence-corrected chi connectivity index (χ4v) is 9.70. The molecule has 0 radical (unpaired) electrons. The van der Waals surface area contributed by atoms with Crippen molar-refractivity contribution in [3.63, 3.8) is 0 Å². The lowest BCUT2D eigenvalue weighted by molar-refractivity contribution is 0.475. The van der Waals surface area contributed by atoms with Gasteiger partial charge in [0.15, 0.2) is 0 Å². The number of dihydropyridines is 1. The van der Waals surface area contributed by atoms with E-state index in [1.807, 2.05) is 6.07 Å². The Kier molecular flexibility index (Phi) is 8.47. The summed E-state index contributed by atoms with van der Waals surface area (Å²) in [5.74, 6) is 0. The molecule has 3 aliphatic rings. The molecular weight excluding hydrogens is 717 g/mol. The van der Waals surface area contributed by atoms with E-state index in [2.05, 4.69) is 228 Å². The molecule has 4 nitrogen and oxygen atoms in total. The molecule has 2 heterocycles. The van der Waals surface area contributed by atoms with E-state index in [1.54, 1.807) is 0 Å². The first-order valence-electron chi connectivity index (χ1n) is 20.4. The van der Waals surface area contributed by atoms with Crippen molar-refractivity contribution in [3.8, 4) is 22.3 Å². The first-order chi connectivity index (χ1) is 29.2. The highest BCUT2D eigenvalue weighted by Crippen LogP contribution is 2.63. The van der Waals surface area contributed by atoms with Crippen LogP contribution in [-0.4, -0.2) is 6.17 Å². The second-order valence-corrected chi connectivity index (χ2v) is 15.6. The minimum Gasteiger partial charge on any atom is -0.371 e. The Morgan fingerprint density at radius 1 is 0.492 bits per heavy atom. The monoisotopic (exact) mass is 758 g/mol. The van der Waals surface area contributed by atoms with Crippen LogP contribution in [0, 0.1) is 0 Å². The maximum atomic E-state index is 7.08. The number of hydrogen-bond donors (Lipinski definition) is 3. The van der Waals surface area contributed by atoms with Gasteiger partial charge in [0.05, 0.1) is 23.0 Å². The van der Waals surface area contributed by atoms with Crippen LogP contribution in [0.4, 0.5) is 17.1 Å². The molecule has 8 aromatic rings. The molecule has 11 rings (SSSR count). The van der Waals surface area contributed by atoms with Crippen LogP contribution in [0.15, 0.2) is 219 Å². The number of hydrogen-bond acceptors (Lipinski definition) is 4. The van der Waals surface area contributed by atoms with E-state index in [0.29, 0.717) is 0 Å². The maximum Gasteiger partial charge on any atom is 0.105 e. The summed E-state index contributed by atoms with van der Waals surface area (Å²) in [5, 5.41) is 7.36. The molecule has 59 heavy (non-hydrogen) atoms. The molecule has 0 saturated carbocycles. The van der Waals surface area contributed by atoms with Crippen molar-refractivity contribution in [2.24, 2.45) is 5.73 Å². The van der Waals surface area contributed by atoms with E-state index in [-0.39, 0.29) is 6.17 Å². The zero-order valence-electron chi connectivity index (χ0n) is 32.5. The Hall–Kier alpha value is -7.24. The average Bonchev–Trinajstić information content (AvgIpc) is 3.60. The van der Waals surface area contributed by atoms with E-state index in [4.69, 9.17) is 5.73 Å². The Morgan fingerprint density at radius 2 is 1.05 bits per heavy atom. The Balaban J connectivity index is 0.992. The second kappa shape index (κ2) is 14.3. The first-order valence-corrected chi connectivity index (χ1v) is 20.4. The van der Waals surface area contributed by atoms with Gasteiger partial charge in [-0.1, -0.05) is 170 Å². The van der Waals surface area contributed by atoms with Crippen LogP contribution in [0.3, 0.4) is 0 Å². The van der Waals surface area contributed by atoms with Gasteiger partial charge < -0.3 is 16.0 Å². The van der Waals surface area contributed by atoms with Crippen molar-refractivity contribution in [1.82, 2.24) is 10.6 Å². The van der Waals surface area contributed by atoms with E-state index < -0.39 is 11.6 Å². The Bertz CT molecular complexity index is 2870. The van der Waals surface area contributed by atoms with Gasteiger partial charge in [-0.2, -0.15) is 0 Å². The number of para-hydroxylation sites is 3. The average molecular weight is 759 g/mol. The zero-order valence-corrected chi connectivity index (χ0v) is 32.5. The number of nitrogens with one attached hydrogen (secondary N) is 2. The molecule has 4 heteroatoms. The van der Waals surface area contributed by atoms with E-state index in [9.17, 15) is 0 Å². The van der Waals surface area contributed by atoms with Crippen molar-refractivity contribution in [2.45, 2.75) is 17.7 Å². The van der Waals surface area contributed by atoms with Gasteiger partial charge in [-0.15, -0.1) is 0 Å². The highest BCUT2D eigenvalue weighted by Gasteiger charge is 2.51. The molecule has 282 valence electrons. The van der Waals surface area contributed by atoms with E-state index >= 15 is 0 Å². The Labute approximate surface area is 345 Å². The smallest absolute Gasteiger partial charge is 0.105 e. The number of rotatable bonds is 7. The molecule has 0 fully saturated rings. The summed E-state index contributed by atoms with van der Waals surface area (Å²) in [6.07, 6.45) is 3.73. The van der Waals surface area contributed by atoms with Gasteiger partial charge in [0, 0.05) is 11.9 Å². The molecule has 2 unspecified atom stereocenters. The number of benzene rings is 8. The van der Waals surface area contributed by atoms with Gasteiger partial charge in [0.25, 0.3) is 0 Å². The fourth-order valence-electron chi connectivity index (χ4n) is 9.70. The van der Waals surface area contributed by atoms with Crippen LogP contribution in [-0.2, 0) is 5.41 Å². The standard InChI is InChI=1S/C55H42N4/c56-53(58-54-46(38-19-6-2-7-20-38)34-42(36-57-54)37-17-4-1-5-18-37)41-22-16-21-39(33-41)40-31-32-45-44-25-10-11-26-47(44)55(50(45)35-40)48-27-12-14-29-51(48)59(43-23-8-3-9-24-43)52-30-15-13-28-49(52)55/h1-36,53-54,57-58H,56H2. The quantitative estimate of drug-likeness (QED) is 0.142. The van der Waals surface area contributed by atoms with Crippen LogP contribution in [0.1, 0.15) is 45.1 Å². The summed E-state index contributed by atoms with van der Waals surface area (Å²) in [6.45, 7) is 0. The van der Waals surface area contributed by atoms with Crippen molar-refractivity contribution in [3.05, 3.63) is 257 Å². The van der Waals surface area contributed by atoms with Gasteiger partial charge in [0.2, 0.25) is 0 Å². The summed E-state index contributed by atoms with van der Waals surface area (Å²) in [7, 11) is 0. The number of anilines is 3. The molecule has 2 aliphatic heterocycles. The highest BCUT2D eigenvalue weighted by atomic mass is 15.2. The van der Waals surface area contributed by atoms with E-state index in [0.717, 1.165) is 44.7 Å². The van der Waals surface area contributed by atoms with Gasteiger partial charge in [-0.25, -0.2) is 0 Å². The summed E-state index contributed by atoms with van der Waals surface area (Å²) in [5.41, 5.74) is 25.7. The van der Waals surface area contributed by atoms with Crippen LogP contribution in [0.5, 0.6) is 0 Å². The number of allylic oxidation sites excluding steroid dienone is 2. The molecule has 8 aromatic carbocycles. The SMILES string of the molecule is NC(NC1NC=C(c2ccccc2)C=C1c1ccccc1)c1cccc(-c2ccc3c(c2)C2(c4ccccc4-3)c3ccccc3N(c3ccccc3)c3ccccc32)c1. The highest BCUT2D eigenvalue weighted by molar-refractivity contribution is 5.96. The molecule has 1 aliphatic carbocycles. The predicted octanol–water partition coefficient (Wildman–Crippen LogP) is 12.1. The number of nitrogens with two attached hydrogens (primary N) is 1. The molecule has 4 N–H and O–H groups in total. The third kappa shape index (κ3) is 5.68. The zero-order chi connectivity index (χ0) is 39.3. The van der Waals surface area contributed by atoms with Crippen LogP contribution in [0.2, 0.25) is 0 Å². The van der Waals surface area contributed by atoms with Crippen LogP contribution >= 0.6 is 0 Å². The lowest BCUT2D eigenvalue weighted by Crippen LogP contribution is -2.46. The maximum absolute atomic E-state index is 7.08. The topological polar surface area (TPSA) is 53.3 Å². The fraction of sp³-hybridized carbons (Fsp3) is 0.0545. The first kappa shape index (κ1) is 35.0. The van der Waals surface area contributed by atoms with Crippen molar-refractivity contribution in [1.29, 1.82) is 0 Å². The van der Waals surface area contributed by atoms with Crippen LogP contribution in [0.25, 0.3) is 33.4 Å². The third-order valence-corrected chi connectivity index (χ3v) is 12.3. The third-order valence-electron chi connectivity index (χ3n) is 12.3. The van der Waals surface area contributed by atoms with Gasteiger partial charge >= 0.3 is 0 Å². The molecule has 0 aromatic heterocycles. The van der Waals surface area contributed by atoms with Crippen molar-refractivity contribution >= 4 is 28.2 Å². The van der Waals surface area contributed by atoms with Gasteiger partial charge in [-0.3, -0.25) is 5.32 Å². The summed E-state index contributed by atoms with van der Waals surface area (Å²) in [6, 6.07) is 74.4. The molecule has 0 saturated heterocycles. The predicted molar refractivity (Wildman–Crippen MR) is 243 cm³/mol. The number of fused-ring (bicyclic) bond motifs is 9. The van der Waals surface area contributed by atoms with Gasteiger partial charge in [0.1, 0.15) is 6.17 Å². The summed E-state index contributed by atoms with van der Waals surface area (Å²) in [4.78, 5) is 2.43. The van der Waals surface area contributed by atoms with Gasteiger partial charge in [-0.05, 0) is 115 Å². The molecule has 1 spiro atoms. The Morgan fingerprint density at radius 3 is 1.76 bits per heavy atom. The summed E-state index contributed by atoms with van der Waals surface area (Å²) >= 11 is 0. The van der Waals surface area contributed by atoms with Crippen molar-refractivity contribution in [2.75, 3.05) is 4.90 Å². The molecule has 2 atom stereocenters. The van der Waals surface area contributed by atoms with E-state index in [1.165, 1.54) is 44.8 Å². The number of nitrogens with zero attached hydrogens (tertiary/aromatic N) is 1. The lowest BCUT2D eigenvalue weighted by atomic mass is 9.64. The minimum atomic E-state index is -0.519. The minimum absolute atomic E-state index is 0.191. The van der Waals surface area contributed by atoms with Crippen molar-refractivity contribution < 1.29 is 0 Å². The van der Waals surface area contributed by atoms with Crippen LogP contribution < -0.4 is 21.3 Å². The molecule has 0 bridgehead atoms. The molecule has 0 amide bonds. The summed E-state index contributed by atoms with van der Waals surface area (Å²) < 4.78 is 0. The largest absolute Gasteiger partial charge is 0.371 e. The second-order valence-electron chi connectivity index (χ2n) is 15.6. The normalized spacial score (nSPS) is 16.2. The molecular formula is C55H42N4.